The van der Waals surface area contributed by atoms with Gasteiger partial charge in [0.25, 0.3) is 0 Å². The Labute approximate surface area is 116 Å². The number of anilines is 1. The number of hydrogen-bond donors (Lipinski definition) is 1. The third-order valence-corrected chi connectivity index (χ3v) is 3.67. The third kappa shape index (κ3) is 2.78. The van der Waals surface area contributed by atoms with Crippen LogP contribution in [0.15, 0.2) is 48.6 Å². The predicted octanol–water partition coefficient (Wildman–Crippen LogP) is 3.94. The van der Waals surface area contributed by atoms with Crippen LogP contribution in [0.4, 0.5) is 5.69 Å². The molecule has 0 bridgehead atoms. The minimum absolute atomic E-state index is 0.130. The summed E-state index contributed by atoms with van der Waals surface area (Å²) in [4.78, 5) is 2.10. The lowest BCUT2D eigenvalue weighted by atomic mass is 9.72. The Hall–Kier alpha value is -1.83. The quantitative estimate of drug-likeness (QED) is 0.813. The first-order valence-electron chi connectivity index (χ1n) is 6.73. The van der Waals surface area contributed by atoms with Crippen LogP contribution in [0, 0.1) is 5.41 Å². The van der Waals surface area contributed by atoms with Gasteiger partial charge in [0.15, 0.2) is 0 Å². The molecular weight excluding hydrogens is 232 g/mol. The van der Waals surface area contributed by atoms with Crippen molar-refractivity contribution in [1.29, 1.82) is 5.41 Å². The van der Waals surface area contributed by atoms with Crippen molar-refractivity contribution in [3.63, 3.8) is 0 Å². The van der Waals surface area contributed by atoms with E-state index in [9.17, 15) is 0 Å². The molecule has 1 aromatic rings. The number of nitrogens with one attached hydrogen (secondary N) is 1. The highest BCUT2D eigenvalue weighted by molar-refractivity contribution is 5.86. The van der Waals surface area contributed by atoms with Gasteiger partial charge in [-0.15, -0.1) is 0 Å². The van der Waals surface area contributed by atoms with Crippen LogP contribution in [0.25, 0.3) is 0 Å². The van der Waals surface area contributed by atoms with Crippen molar-refractivity contribution in [3.05, 3.63) is 54.1 Å². The first-order valence-corrected chi connectivity index (χ1v) is 6.73. The Morgan fingerprint density at radius 2 is 1.89 bits per heavy atom. The molecule has 1 N–H and O–H groups in total. The fourth-order valence-electron chi connectivity index (χ4n) is 2.67. The molecule has 1 aliphatic rings. The second-order valence-electron chi connectivity index (χ2n) is 5.37. The lowest BCUT2D eigenvalue weighted by Crippen LogP contribution is -2.27. The van der Waals surface area contributed by atoms with Crippen LogP contribution in [0.5, 0.6) is 0 Å². The Kier molecular flexibility index (Phi) is 3.89. The van der Waals surface area contributed by atoms with E-state index in [1.165, 1.54) is 11.3 Å². The van der Waals surface area contributed by atoms with Gasteiger partial charge in [-0.1, -0.05) is 36.4 Å². The number of nitrogens with zero attached hydrogens (tertiary/aromatic N) is 1. The van der Waals surface area contributed by atoms with Gasteiger partial charge in [0, 0.05) is 43.8 Å². The minimum atomic E-state index is -0.130. The van der Waals surface area contributed by atoms with Gasteiger partial charge in [-0.05, 0) is 24.6 Å². The van der Waals surface area contributed by atoms with Gasteiger partial charge in [-0.3, -0.25) is 0 Å². The average molecular weight is 254 g/mol. The van der Waals surface area contributed by atoms with Crippen LogP contribution in [-0.2, 0) is 5.41 Å². The Morgan fingerprint density at radius 1 is 1.21 bits per heavy atom. The monoisotopic (exact) mass is 254 g/mol. The summed E-state index contributed by atoms with van der Waals surface area (Å²) in [5.74, 6) is 0. The minimum Gasteiger partial charge on any atom is -0.378 e. The van der Waals surface area contributed by atoms with E-state index in [0.717, 1.165) is 18.6 Å². The van der Waals surface area contributed by atoms with Gasteiger partial charge in [-0.25, -0.2) is 0 Å². The molecular formula is C17H22N2. The van der Waals surface area contributed by atoms with Gasteiger partial charge in [-0.2, -0.15) is 0 Å². The zero-order valence-corrected chi connectivity index (χ0v) is 12.0. The Morgan fingerprint density at radius 3 is 2.42 bits per heavy atom. The van der Waals surface area contributed by atoms with Crippen LogP contribution < -0.4 is 4.90 Å². The van der Waals surface area contributed by atoms with E-state index < -0.39 is 0 Å². The van der Waals surface area contributed by atoms with E-state index in [-0.39, 0.29) is 5.41 Å². The summed E-state index contributed by atoms with van der Waals surface area (Å²) in [7, 11) is 4.10. The van der Waals surface area contributed by atoms with Crippen molar-refractivity contribution in [3.8, 4) is 0 Å². The lowest BCUT2D eigenvalue weighted by molar-refractivity contribution is 0.680. The summed E-state index contributed by atoms with van der Waals surface area (Å²) in [5, 5.41) is 7.99. The molecule has 2 rings (SSSR count). The molecule has 100 valence electrons. The van der Waals surface area contributed by atoms with Crippen LogP contribution in [0.3, 0.4) is 0 Å². The molecule has 0 saturated carbocycles. The molecule has 0 aromatic heterocycles. The molecule has 0 aliphatic heterocycles. The van der Waals surface area contributed by atoms with Crippen molar-refractivity contribution in [2.24, 2.45) is 0 Å². The van der Waals surface area contributed by atoms with Gasteiger partial charge in [0.1, 0.15) is 0 Å². The Bertz CT molecular complexity index is 509. The highest BCUT2D eigenvalue weighted by Gasteiger charge is 2.29. The molecule has 1 unspecified atom stereocenters. The highest BCUT2D eigenvalue weighted by atomic mass is 15.1. The molecule has 0 heterocycles. The van der Waals surface area contributed by atoms with Crippen molar-refractivity contribution >= 4 is 11.4 Å². The van der Waals surface area contributed by atoms with Gasteiger partial charge < -0.3 is 10.3 Å². The second-order valence-corrected chi connectivity index (χ2v) is 5.37. The van der Waals surface area contributed by atoms with Crippen molar-refractivity contribution < 1.29 is 0 Å². The van der Waals surface area contributed by atoms with E-state index in [1.54, 1.807) is 0 Å². The molecule has 0 radical (unpaired) electrons. The van der Waals surface area contributed by atoms with Crippen LogP contribution in [-0.4, -0.2) is 19.8 Å². The molecule has 2 nitrogen and oxygen atoms in total. The summed E-state index contributed by atoms with van der Waals surface area (Å²) in [5.41, 5.74) is 3.14. The van der Waals surface area contributed by atoms with E-state index in [2.05, 4.69) is 53.5 Å². The topological polar surface area (TPSA) is 27.1 Å². The zero-order valence-electron chi connectivity index (χ0n) is 12.0. The molecule has 1 aliphatic carbocycles. The molecule has 19 heavy (non-hydrogen) atoms. The van der Waals surface area contributed by atoms with Crippen molar-refractivity contribution in [2.45, 2.75) is 25.2 Å². The molecule has 1 aromatic carbocycles. The summed E-state index contributed by atoms with van der Waals surface area (Å²) >= 11 is 0. The predicted molar refractivity (Wildman–Crippen MR) is 83.4 cm³/mol. The van der Waals surface area contributed by atoms with E-state index in [4.69, 9.17) is 5.41 Å². The smallest absolute Gasteiger partial charge is 0.0364 e. The van der Waals surface area contributed by atoms with Gasteiger partial charge >= 0.3 is 0 Å². The van der Waals surface area contributed by atoms with E-state index in [1.807, 2.05) is 21.0 Å². The number of benzene rings is 1. The summed E-state index contributed by atoms with van der Waals surface area (Å²) in [6, 6.07) is 8.65. The maximum atomic E-state index is 7.99. The normalized spacial score (nSPS) is 23.0. The van der Waals surface area contributed by atoms with Gasteiger partial charge in [0.05, 0.1) is 0 Å². The lowest BCUT2D eigenvalue weighted by Gasteiger charge is -2.31. The molecule has 0 amide bonds. The van der Waals surface area contributed by atoms with Crippen LogP contribution in [0.1, 0.15) is 25.3 Å². The average Bonchev–Trinajstić information content (AvgIpc) is 2.39. The molecule has 1 atom stereocenters. The van der Waals surface area contributed by atoms with Gasteiger partial charge in [0.2, 0.25) is 0 Å². The SMILES string of the molecule is CC=CC1(c2ccc(N(C)C)cc2)C=CCC(=N)C1. The molecule has 0 fully saturated rings. The summed E-state index contributed by atoms with van der Waals surface area (Å²) in [6.07, 6.45) is 10.2. The fraction of sp³-hybridized carbons (Fsp3) is 0.353. The van der Waals surface area contributed by atoms with Crippen LogP contribution in [0.2, 0.25) is 0 Å². The first-order chi connectivity index (χ1) is 9.07. The molecule has 0 saturated heterocycles. The van der Waals surface area contributed by atoms with Crippen LogP contribution >= 0.6 is 0 Å². The number of allylic oxidation sites excluding steroid dienone is 4. The number of rotatable bonds is 3. The van der Waals surface area contributed by atoms with E-state index >= 15 is 0 Å². The van der Waals surface area contributed by atoms with Crippen molar-refractivity contribution in [1.82, 2.24) is 0 Å². The maximum Gasteiger partial charge on any atom is 0.0364 e. The Balaban J connectivity index is 2.42. The zero-order chi connectivity index (χ0) is 13.9. The van der Waals surface area contributed by atoms with E-state index in [0.29, 0.717) is 0 Å². The number of hydrogen-bond acceptors (Lipinski definition) is 2. The summed E-state index contributed by atoms with van der Waals surface area (Å²) < 4.78 is 0. The first kappa shape index (κ1) is 13.6. The molecule has 2 heteroatoms. The largest absolute Gasteiger partial charge is 0.378 e. The summed E-state index contributed by atoms with van der Waals surface area (Å²) in [6.45, 7) is 2.04. The second kappa shape index (κ2) is 5.43. The highest BCUT2D eigenvalue weighted by Crippen LogP contribution is 2.36. The van der Waals surface area contributed by atoms with Crippen molar-refractivity contribution in [2.75, 3.05) is 19.0 Å². The third-order valence-electron chi connectivity index (χ3n) is 3.67. The maximum absolute atomic E-state index is 7.99. The fourth-order valence-corrected chi connectivity index (χ4v) is 2.67. The standard InChI is InChI=1S/C17H22N2/c1-4-11-17(12-5-6-15(18)13-17)14-7-9-16(10-8-14)19(2)3/h4-5,7-12,18H,6,13H2,1-3H3. The molecule has 0 spiro atoms.